The second-order valence-electron chi connectivity index (χ2n) is 4.22. The molecule has 1 aromatic carbocycles. The van der Waals surface area contributed by atoms with Gasteiger partial charge in [0.2, 0.25) is 0 Å². The van der Waals surface area contributed by atoms with Gasteiger partial charge in [-0.15, -0.1) is 0 Å². The maximum absolute atomic E-state index is 14.0. The van der Waals surface area contributed by atoms with Crippen molar-refractivity contribution in [2.75, 3.05) is 6.61 Å². The molecule has 3 heteroatoms. The highest BCUT2D eigenvalue weighted by Crippen LogP contribution is 2.32. The van der Waals surface area contributed by atoms with Crippen molar-refractivity contribution in [1.29, 1.82) is 0 Å². The van der Waals surface area contributed by atoms with Crippen molar-refractivity contribution in [2.45, 2.75) is 18.5 Å². The van der Waals surface area contributed by atoms with E-state index in [4.69, 9.17) is 16.7 Å². The van der Waals surface area contributed by atoms with Crippen molar-refractivity contribution in [3.05, 3.63) is 53.1 Å². The first-order valence-electron chi connectivity index (χ1n) is 5.58. The van der Waals surface area contributed by atoms with E-state index in [1.165, 1.54) is 6.08 Å². The number of benzene rings is 1. The van der Waals surface area contributed by atoms with E-state index in [-0.39, 0.29) is 13.0 Å². The molecule has 0 fully saturated rings. The summed E-state index contributed by atoms with van der Waals surface area (Å²) >= 11 is 5.91. The Kier molecular flexibility index (Phi) is 3.65. The Labute approximate surface area is 105 Å². The van der Waals surface area contributed by atoms with Crippen molar-refractivity contribution in [3.63, 3.8) is 0 Å². The summed E-state index contributed by atoms with van der Waals surface area (Å²) in [5.74, 6) is 0. The summed E-state index contributed by atoms with van der Waals surface area (Å²) in [6, 6.07) is 7.48. The molecule has 0 spiro atoms. The Hall–Kier alpha value is -1.12. The first-order chi connectivity index (χ1) is 8.13. The van der Waals surface area contributed by atoms with E-state index < -0.39 is 5.67 Å². The molecule has 0 heterocycles. The molecule has 1 nitrogen and oxygen atoms in total. The summed E-state index contributed by atoms with van der Waals surface area (Å²) in [6.45, 7) is -0.138. The van der Waals surface area contributed by atoms with Crippen molar-refractivity contribution < 1.29 is 9.50 Å². The van der Waals surface area contributed by atoms with Crippen LogP contribution < -0.4 is 0 Å². The van der Waals surface area contributed by atoms with Gasteiger partial charge in [0.25, 0.3) is 0 Å². The minimum Gasteiger partial charge on any atom is -0.396 e. The van der Waals surface area contributed by atoms with Gasteiger partial charge in [0.15, 0.2) is 0 Å². The van der Waals surface area contributed by atoms with E-state index in [9.17, 15) is 4.39 Å². The van der Waals surface area contributed by atoms with Gasteiger partial charge in [-0.05, 0) is 29.3 Å². The van der Waals surface area contributed by atoms with Crippen LogP contribution in [0.1, 0.15) is 18.4 Å². The minimum atomic E-state index is -1.41. The van der Waals surface area contributed by atoms with Gasteiger partial charge in [-0.3, -0.25) is 0 Å². The molecule has 90 valence electrons. The summed E-state index contributed by atoms with van der Waals surface area (Å²) < 4.78 is 14.0. The lowest BCUT2D eigenvalue weighted by atomic mass is 9.89. The number of alkyl halides is 1. The Morgan fingerprint density at radius 1 is 1.41 bits per heavy atom. The molecular weight excluding hydrogens is 239 g/mol. The lowest BCUT2D eigenvalue weighted by Gasteiger charge is -2.23. The lowest BCUT2D eigenvalue weighted by molar-refractivity contribution is 0.162. The smallest absolute Gasteiger partial charge is 0.135 e. The molecule has 1 unspecified atom stereocenters. The highest BCUT2D eigenvalue weighted by Gasteiger charge is 2.26. The van der Waals surface area contributed by atoms with Crippen LogP contribution in [0.3, 0.4) is 0 Å². The number of hydrogen-bond donors (Lipinski definition) is 1. The second-order valence-corrected chi connectivity index (χ2v) is 4.65. The van der Waals surface area contributed by atoms with Gasteiger partial charge in [-0.25, -0.2) is 4.39 Å². The zero-order valence-electron chi connectivity index (χ0n) is 9.37. The molecule has 1 N–H and O–H groups in total. The van der Waals surface area contributed by atoms with Crippen LogP contribution in [0.5, 0.6) is 0 Å². The molecule has 1 atom stereocenters. The molecule has 17 heavy (non-hydrogen) atoms. The molecule has 0 aliphatic heterocycles. The molecule has 0 saturated heterocycles. The van der Waals surface area contributed by atoms with Gasteiger partial charge < -0.3 is 5.11 Å². The zero-order valence-corrected chi connectivity index (χ0v) is 10.1. The van der Waals surface area contributed by atoms with E-state index in [1.54, 1.807) is 6.08 Å². The van der Waals surface area contributed by atoms with Crippen LogP contribution in [0.25, 0.3) is 5.57 Å². The van der Waals surface area contributed by atoms with Crippen LogP contribution in [0.2, 0.25) is 5.02 Å². The van der Waals surface area contributed by atoms with Crippen LogP contribution in [0.4, 0.5) is 4.39 Å². The van der Waals surface area contributed by atoms with E-state index >= 15 is 0 Å². The maximum Gasteiger partial charge on any atom is 0.135 e. The predicted molar refractivity (Wildman–Crippen MR) is 68.7 cm³/mol. The molecule has 0 bridgehead atoms. The van der Waals surface area contributed by atoms with Crippen molar-refractivity contribution in [1.82, 2.24) is 0 Å². The van der Waals surface area contributed by atoms with Gasteiger partial charge in [0, 0.05) is 24.5 Å². The first kappa shape index (κ1) is 12.3. The van der Waals surface area contributed by atoms with E-state index in [0.717, 1.165) is 11.1 Å². The number of rotatable bonds is 3. The molecule has 0 aromatic heterocycles. The molecule has 1 aliphatic carbocycles. The number of hydrogen-bond acceptors (Lipinski definition) is 1. The SMILES string of the molecule is OCCC1(F)C=CC(c2cccc(Cl)c2)=CC1. The topological polar surface area (TPSA) is 20.2 Å². The fourth-order valence-corrected chi connectivity index (χ4v) is 2.10. The van der Waals surface area contributed by atoms with Gasteiger partial charge in [-0.2, -0.15) is 0 Å². The van der Waals surface area contributed by atoms with E-state index in [0.29, 0.717) is 11.4 Å². The number of aliphatic hydroxyl groups excluding tert-OH is 1. The van der Waals surface area contributed by atoms with Crippen LogP contribution in [0.15, 0.2) is 42.5 Å². The maximum atomic E-state index is 14.0. The molecule has 1 aromatic rings. The van der Waals surface area contributed by atoms with E-state index in [2.05, 4.69) is 0 Å². The highest BCUT2D eigenvalue weighted by molar-refractivity contribution is 6.30. The minimum absolute atomic E-state index is 0.138. The van der Waals surface area contributed by atoms with Crippen molar-refractivity contribution in [2.24, 2.45) is 0 Å². The Morgan fingerprint density at radius 2 is 2.24 bits per heavy atom. The summed E-state index contributed by atoms with van der Waals surface area (Å²) in [7, 11) is 0. The lowest BCUT2D eigenvalue weighted by Crippen LogP contribution is -2.22. The Morgan fingerprint density at radius 3 is 2.82 bits per heavy atom. The third-order valence-corrected chi connectivity index (χ3v) is 3.14. The van der Waals surface area contributed by atoms with E-state index in [1.807, 2.05) is 30.3 Å². The first-order valence-corrected chi connectivity index (χ1v) is 5.96. The van der Waals surface area contributed by atoms with Crippen LogP contribution >= 0.6 is 11.6 Å². The largest absolute Gasteiger partial charge is 0.396 e. The quantitative estimate of drug-likeness (QED) is 0.868. The van der Waals surface area contributed by atoms with Crippen LogP contribution in [-0.2, 0) is 0 Å². The number of aliphatic hydroxyl groups is 1. The molecular formula is C14H14ClFO. The fraction of sp³-hybridized carbons (Fsp3) is 0.286. The summed E-state index contributed by atoms with van der Waals surface area (Å²) in [4.78, 5) is 0. The molecule has 2 rings (SSSR count). The van der Waals surface area contributed by atoms with Gasteiger partial charge >= 0.3 is 0 Å². The van der Waals surface area contributed by atoms with Gasteiger partial charge in [0.05, 0.1) is 0 Å². The fourth-order valence-electron chi connectivity index (χ4n) is 1.91. The normalized spacial score (nSPS) is 23.6. The molecule has 0 amide bonds. The summed E-state index contributed by atoms with van der Waals surface area (Å²) in [5.41, 5.74) is 0.551. The van der Waals surface area contributed by atoms with Crippen molar-refractivity contribution >= 4 is 17.2 Å². The number of allylic oxidation sites excluding steroid dienone is 4. The van der Waals surface area contributed by atoms with Gasteiger partial charge in [-0.1, -0.05) is 35.9 Å². The highest BCUT2D eigenvalue weighted by atomic mass is 35.5. The second kappa shape index (κ2) is 5.03. The third kappa shape index (κ3) is 2.96. The standard InChI is InChI=1S/C14H14ClFO/c15-13-3-1-2-12(10-13)11-4-6-14(16,7-5-11)8-9-17/h1-6,10,17H,7-9H2. The Bertz CT molecular complexity index is 467. The summed E-state index contributed by atoms with van der Waals surface area (Å²) in [6.07, 6.45) is 5.57. The molecule has 1 aliphatic rings. The van der Waals surface area contributed by atoms with Crippen LogP contribution in [0, 0.1) is 0 Å². The average molecular weight is 253 g/mol. The monoisotopic (exact) mass is 252 g/mol. The number of halogens is 2. The third-order valence-electron chi connectivity index (χ3n) is 2.91. The summed E-state index contributed by atoms with van der Waals surface area (Å²) in [5, 5.41) is 9.46. The predicted octanol–water partition coefficient (Wildman–Crippen LogP) is 3.77. The Balaban J connectivity index is 2.17. The molecule has 0 radical (unpaired) electrons. The average Bonchev–Trinajstić information content (AvgIpc) is 2.30. The molecule has 0 saturated carbocycles. The van der Waals surface area contributed by atoms with Gasteiger partial charge in [0.1, 0.15) is 5.67 Å². The van der Waals surface area contributed by atoms with Crippen molar-refractivity contribution in [3.8, 4) is 0 Å². The zero-order chi connectivity index (χ0) is 12.3. The van der Waals surface area contributed by atoms with Crippen LogP contribution in [-0.4, -0.2) is 17.4 Å².